The minimum absolute atomic E-state index is 0.138. The molecule has 0 saturated carbocycles. The number of nitrogens with one attached hydrogen (secondary N) is 1. The fraction of sp³-hybridized carbons (Fsp3) is 0.0952. The van der Waals surface area contributed by atoms with Gasteiger partial charge in [0.2, 0.25) is 0 Å². The molecule has 0 amide bonds. The Hall–Kier alpha value is -3.83. The molecule has 9 nitrogen and oxygen atoms in total. The van der Waals surface area contributed by atoms with Crippen molar-refractivity contribution in [2.75, 3.05) is 7.05 Å². The minimum atomic E-state index is -4.77. The highest BCUT2D eigenvalue weighted by Crippen LogP contribution is 2.28. The lowest BCUT2D eigenvalue weighted by molar-refractivity contribution is -0.134. The molecule has 2 heterocycles. The highest BCUT2D eigenvalue weighted by atomic mass is 32.2. The van der Waals surface area contributed by atoms with Crippen LogP contribution in [0.15, 0.2) is 78.0 Å². The molecular weight excluding hydrogens is 441 g/mol. The van der Waals surface area contributed by atoms with Gasteiger partial charge in [-0.2, -0.15) is 0 Å². The van der Waals surface area contributed by atoms with E-state index >= 15 is 0 Å². The van der Waals surface area contributed by atoms with Gasteiger partial charge in [0.15, 0.2) is 0 Å². The van der Waals surface area contributed by atoms with Crippen LogP contribution in [0.1, 0.15) is 13.8 Å². The summed E-state index contributed by atoms with van der Waals surface area (Å²) in [5.74, 6) is -3.28. The number of carbonyl (C=O) groups is 2. The van der Waals surface area contributed by atoms with Gasteiger partial charge in [-0.05, 0) is 42.9 Å². The van der Waals surface area contributed by atoms with Crippen molar-refractivity contribution in [3.63, 3.8) is 0 Å². The maximum absolute atomic E-state index is 14.5. The molecule has 0 radical (unpaired) electrons. The van der Waals surface area contributed by atoms with E-state index in [1.165, 1.54) is 25.2 Å². The van der Waals surface area contributed by atoms with Crippen molar-refractivity contribution in [1.29, 1.82) is 0 Å². The Morgan fingerprint density at radius 1 is 1.28 bits per heavy atom. The summed E-state index contributed by atoms with van der Waals surface area (Å²) < 4.78 is 88.7. The topological polar surface area (TPSA) is 139 Å². The monoisotopic (exact) mass is 467 g/mol. The summed E-state index contributed by atoms with van der Waals surface area (Å²) in [6.45, 7) is -2.17. The van der Waals surface area contributed by atoms with Crippen molar-refractivity contribution in [3.05, 3.63) is 84.5 Å². The van der Waals surface area contributed by atoms with Crippen LogP contribution < -0.4 is 5.32 Å². The van der Waals surface area contributed by atoms with E-state index in [0.29, 0.717) is 16.1 Å². The summed E-state index contributed by atoms with van der Waals surface area (Å²) in [6.07, 6.45) is 0.403. The van der Waals surface area contributed by atoms with Crippen LogP contribution in [0, 0.1) is 5.82 Å². The smallest absolute Gasteiger partial charge is 0.328 e. The lowest BCUT2D eigenvalue weighted by Crippen LogP contribution is -2.14. The Morgan fingerprint density at radius 2 is 1.94 bits per heavy atom. The molecule has 0 unspecified atom stereocenters. The van der Waals surface area contributed by atoms with Gasteiger partial charge in [-0.3, -0.25) is 4.98 Å². The van der Waals surface area contributed by atoms with E-state index in [2.05, 4.69) is 10.3 Å². The maximum Gasteiger partial charge on any atom is 0.328 e. The van der Waals surface area contributed by atoms with Crippen LogP contribution in [0.2, 0.25) is 0 Å². The van der Waals surface area contributed by atoms with Crippen molar-refractivity contribution in [1.82, 2.24) is 14.3 Å². The molecule has 0 fully saturated rings. The molecule has 1 aromatic carbocycles. The third-order valence-electron chi connectivity index (χ3n) is 3.54. The van der Waals surface area contributed by atoms with Crippen molar-refractivity contribution in [3.8, 4) is 11.3 Å². The predicted molar refractivity (Wildman–Crippen MR) is 114 cm³/mol. The number of carboxylic acids is 2. The second-order valence-electron chi connectivity index (χ2n) is 5.69. The Kier molecular flexibility index (Phi) is 5.77. The van der Waals surface area contributed by atoms with E-state index in [4.69, 9.17) is 18.4 Å². The molecule has 11 heteroatoms. The first-order chi connectivity index (χ1) is 17.5. The highest BCUT2D eigenvalue weighted by Gasteiger charge is 2.23. The van der Waals surface area contributed by atoms with Crippen molar-refractivity contribution in [2.24, 2.45) is 0 Å². The molecule has 2 aromatic heterocycles. The molecule has 32 heavy (non-hydrogen) atoms. The Bertz CT molecular complexity index is 1510. The summed E-state index contributed by atoms with van der Waals surface area (Å²) >= 11 is 0. The second-order valence-corrected chi connectivity index (χ2v) is 7.45. The third kappa shape index (κ3) is 6.33. The van der Waals surface area contributed by atoms with Gasteiger partial charge in [0.25, 0.3) is 10.0 Å². The van der Waals surface area contributed by atoms with Crippen LogP contribution in [-0.2, 0) is 26.1 Å². The quantitative estimate of drug-likeness (QED) is 0.450. The normalized spacial score (nSPS) is 14.2. The van der Waals surface area contributed by atoms with Gasteiger partial charge in [0, 0.05) is 45.5 Å². The van der Waals surface area contributed by atoms with E-state index in [-0.39, 0.29) is 16.8 Å². The van der Waals surface area contributed by atoms with E-state index in [1.807, 2.05) is 0 Å². The average molecular weight is 468 g/mol. The lowest BCUT2D eigenvalue weighted by Gasteiger charge is -2.10. The molecule has 3 rings (SSSR count). The maximum atomic E-state index is 14.5. The summed E-state index contributed by atoms with van der Waals surface area (Å²) in [7, 11) is -3.45. The first kappa shape index (κ1) is 16.8. The number of aliphatic carboxylic acids is 2. The fourth-order valence-electron chi connectivity index (χ4n) is 2.30. The third-order valence-corrected chi connectivity index (χ3v) is 5.07. The zero-order valence-corrected chi connectivity index (χ0v) is 17.1. The van der Waals surface area contributed by atoms with Gasteiger partial charge in [-0.25, -0.2) is 26.4 Å². The van der Waals surface area contributed by atoms with Crippen LogP contribution in [0.3, 0.4) is 0 Å². The molecule has 0 spiro atoms. The van der Waals surface area contributed by atoms with Crippen LogP contribution in [0.5, 0.6) is 0 Å². The number of rotatable bonds is 7. The zero-order valence-electron chi connectivity index (χ0n) is 22.3. The van der Waals surface area contributed by atoms with Gasteiger partial charge in [0.1, 0.15) is 10.7 Å². The summed E-state index contributed by atoms with van der Waals surface area (Å²) in [5, 5.41) is 18.0. The number of nitrogens with zero attached hydrogens (tertiary/aromatic N) is 2. The van der Waals surface area contributed by atoms with Crippen molar-refractivity contribution >= 4 is 22.0 Å². The van der Waals surface area contributed by atoms with Crippen molar-refractivity contribution < 1.29 is 40.8 Å². The van der Waals surface area contributed by atoms with Gasteiger partial charge < -0.3 is 15.5 Å². The van der Waals surface area contributed by atoms with Crippen LogP contribution in [0.4, 0.5) is 4.39 Å². The van der Waals surface area contributed by atoms with E-state index in [9.17, 15) is 22.4 Å². The van der Waals surface area contributed by atoms with Gasteiger partial charge in [-0.1, -0.05) is 12.1 Å². The molecule has 0 bridgehead atoms. The number of hydrogen-bond donors (Lipinski definition) is 3. The Balaban J connectivity index is 0.000000550. The fourth-order valence-corrected chi connectivity index (χ4v) is 3.50. The van der Waals surface area contributed by atoms with Crippen LogP contribution in [0.25, 0.3) is 11.3 Å². The first-order valence-corrected chi connectivity index (χ1v) is 9.99. The highest BCUT2D eigenvalue weighted by molar-refractivity contribution is 7.90. The molecule has 168 valence electrons. The average Bonchev–Trinajstić information content (AvgIpc) is 3.29. The molecule has 3 aromatic rings. The van der Waals surface area contributed by atoms with Crippen molar-refractivity contribution in [2.45, 2.75) is 11.4 Å². The molecule has 0 atom stereocenters. The summed E-state index contributed by atoms with van der Waals surface area (Å²) in [6, 6.07) is 4.75. The number of aromatic nitrogens is 2. The molecular formula is C21H20FN3O6S. The van der Waals surface area contributed by atoms with Crippen LogP contribution in [-0.4, -0.2) is 46.6 Å². The van der Waals surface area contributed by atoms with E-state index in [1.54, 1.807) is 0 Å². The van der Waals surface area contributed by atoms with E-state index < -0.39 is 63.6 Å². The number of halogens is 1. The van der Waals surface area contributed by atoms with Crippen LogP contribution >= 0.6 is 0 Å². The number of carboxylic acid groups (broad SMARTS) is 2. The van der Waals surface area contributed by atoms with Gasteiger partial charge in [0.05, 0.1) is 11.2 Å². The number of benzene rings is 1. The first-order valence-electron chi connectivity index (χ1n) is 11.5. The summed E-state index contributed by atoms with van der Waals surface area (Å²) in [4.78, 5) is 21.6. The summed E-state index contributed by atoms with van der Waals surface area (Å²) in [5.41, 5.74) is -0.517. The Morgan fingerprint density at radius 3 is 2.53 bits per heavy atom. The molecule has 0 aliphatic carbocycles. The largest absolute Gasteiger partial charge is 0.478 e. The van der Waals surface area contributed by atoms with E-state index in [0.717, 1.165) is 18.3 Å². The molecule has 3 N–H and O–H groups in total. The SMILES string of the molecule is O=C(O)/C=C/C(=O)O.[2H]c1nc([2H])c(S(=O)(=O)n2cc(C([2H])([2H])NC)cc2-c2ccccc2F)c([2H])c1[2H]. The molecule has 0 aliphatic heterocycles. The Labute approximate surface area is 192 Å². The molecule has 0 saturated heterocycles. The van der Waals surface area contributed by atoms with Gasteiger partial charge in [-0.15, -0.1) is 0 Å². The lowest BCUT2D eigenvalue weighted by atomic mass is 10.1. The zero-order chi connectivity index (χ0) is 29.0. The number of pyridine rings is 1. The standard InChI is InChI=1S/C17H16FN3O2S.C4H4O4/c1-19-10-13-9-17(15-6-2-3-7-16(15)18)21(12-13)24(22,23)14-5-4-8-20-11-14;5-3(6)1-2-4(7)8/h2-9,11-12,19H,10H2,1H3;1-2H,(H,5,6)(H,7,8)/b;2-1+/i4D,5D,8D,10D2,11D;. The minimum Gasteiger partial charge on any atom is -0.478 e. The second kappa shape index (κ2) is 11.0. The number of hydrogen-bond acceptors (Lipinski definition) is 6. The van der Waals surface area contributed by atoms with Gasteiger partial charge >= 0.3 is 11.9 Å². The molecule has 0 aliphatic rings. The predicted octanol–water partition coefficient (Wildman–Crippen LogP) is 2.36.